The standard InChI is InChI=1S/C35H35NO/c1-3-28(29-18-8-7-14-26(29)2)23-25-36-34(37)35(24-13-17-27-15-5-4-6-16-27)32-21-11-9-19-30(32)31-20-10-12-22-33(31)35/h3-12,14-16,18-22H,13,17,23-25H2,1-2H3,(H,36,37)/b28-3-. The maximum atomic E-state index is 14.3. The number of rotatable bonds is 9. The predicted octanol–water partition coefficient (Wildman–Crippen LogP) is 7.89. The summed E-state index contributed by atoms with van der Waals surface area (Å²) in [6, 6.07) is 36.0. The number of nitrogens with one attached hydrogen (secondary N) is 1. The molecule has 0 heterocycles. The van der Waals surface area contributed by atoms with E-state index in [2.05, 4.69) is 128 Å². The van der Waals surface area contributed by atoms with Gasteiger partial charge in [-0.15, -0.1) is 0 Å². The monoisotopic (exact) mass is 485 g/mol. The molecule has 0 bridgehead atoms. The van der Waals surface area contributed by atoms with Crippen molar-refractivity contribution in [3.63, 3.8) is 0 Å². The average Bonchev–Trinajstić information content (AvgIpc) is 3.23. The molecule has 186 valence electrons. The van der Waals surface area contributed by atoms with Crippen LogP contribution < -0.4 is 5.32 Å². The van der Waals surface area contributed by atoms with E-state index in [1.54, 1.807) is 0 Å². The molecule has 2 nitrogen and oxygen atoms in total. The van der Waals surface area contributed by atoms with Gasteiger partial charge >= 0.3 is 0 Å². The van der Waals surface area contributed by atoms with Crippen LogP contribution in [0.3, 0.4) is 0 Å². The first-order chi connectivity index (χ1) is 18.1. The molecule has 0 spiro atoms. The summed E-state index contributed by atoms with van der Waals surface area (Å²) in [5.74, 6) is 0.109. The van der Waals surface area contributed by atoms with Crippen molar-refractivity contribution in [2.45, 2.75) is 44.9 Å². The molecule has 1 amide bonds. The van der Waals surface area contributed by atoms with Gasteiger partial charge in [0.05, 0.1) is 0 Å². The number of carbonyl (C=O) groups excluding carboxylic acids is 1. The summed E-state index contributed by atoms with van der Waals surface area (Å²) in [5, 5.41) is 3.37. The summed E-state index contributed by atoms with van der Waals surface area (Å²) in [6.45, 7) is 4.83. The lowest BCUT2D eigenvalue weighted by atomic mass is 9.73. The molecule has 0 aliphatic heterocycles. The Kier molecular flexibility index (Phi) is 7.37. The number of hydrogen-bond acceptors (Lipinski definition) is 1. The molecule has 4 aromatic carbocycles. The van der Waals surface area contributed by atoms with Crippen molar-refractivity contribution in [3.8, 4) is 11.1 Å². The molecule has 0 radical (unpaired) electrons. The Hall–Kier alpha value is -3.91. The molecule has 0 aromatic heterocycles. The van der Waals surface area contributed by atoms with Gasteiger partial charge in [0.25, 0.3) is 0 Å². The smallest absolute Gasteiger partial charge is 0.235 e. The quantitative estimate of drug-likeness (QED) is 0.256. The summed E-state index contributed by atoms with van der Waals surface area (Å²) < 4.78 is 0. The highest BCUT2D eigenvalue weighted by atomic mass is 16.2. The number of benzene rings is 4. The molecule has 0 saturated carbocycles. The molecule has 0 fully saturated rings. The van der Waals surface area contributed by atoms with Crippen LogP contribution in [0.15, 0.2) is 109 Å². The molecule has 1 aliphatic rings. The second kappa shape index (κ2) is 11.0. The van der Waals surface area contributed by atoms with Crippen LogP contribution >= 0.6 is 0 Å². The SMILES string of the molecule is C/C=C(/CCNC(=O)C1(CCCc2ccccc2)c2ccccc2-c2ccccc21)c1ccccc1C. The minimum Gasteiger partial charge on any atom is -0.355 e. The number of allylic oxidation sites excluding steroid dienone is 1. The van der Waals surface area contributed by atoms with Crippen molar-refractivity contribution in [2.75, 3.05) is 6.54 Å². The fraction of sp³-hybridized carbons (Fsp3) is 0.229. The first-order valence-corrected chi connectivity index (χ1v) is 13.4. The number of amides is 1. The molecular formula is C35H35NO. The Bertz CT molecular complexity index is 1370. The van der Waals surface area contributed by atoms with E-state index in [1.807, 2.05) is 0 Å². The van der Waals surface area contributed by atoms with E-state index in [0.717, 1.165) is 36.8 Å². The van der Waals surface area contributed by atoms with Gasteiger partial charge in [-0.25, -0.2) is 0 Å². The van der Waals surface area contributed by atoms with Gasteiger partial charge in [0, 0.05) is 6.54 Å². The third-order valence-electron chi connectivity index (χ3n) is 7.83. The van der Waals surface area contributed by atoms with Gasteiger partial charge in [0.15, 0.2) is 0 Å². The van der Waals surface area contributed by atoms with Gasteiger partial charge < -0.3 is 5.32 Å². The fourth-order valence-corrected chi connectivity index (χ4v) is 5.98. The van der Waals surface area contributed by atoms with Gasteiger partial charge in [0.1, 0.15) is 5.41 Å². The second-order valence-corrected chi connectivity index (χ2v) is 9.97. The molecule has 2 heteroatoms. The number of aryl methyl sites for hydroxylation is 2. The second-order valence-electron chi connectivity index (χ2n) is 9.97. The maximum absolute atomic E-state index is 14.3. The van der Waals surface area contributed by atoms with Gasteiger partial charge in [-0.2, -0.15) is 0 Å². The van der Waals surface area contributed by atoms with Gasteiger partial charge in [-0.05, 0) is 84.0 Å². The minimum absolute atomic E-state index is 0.109. The Balaban J connectivity index is 1.42. The van der Waals surface area contributed by atoms with Crippen LogP contribution in [0.25, 0.3) is 16.7 Å². The Morgan fingerprint density at radius 3 is 2.03 bits per heavy atom. The van der Waals surface area contributed by atoms with Crippen molar-refractivity contribution >= 4 is 11.5 Å². The zero-order valence-corrected chi connectivity index (χ0v) is 21.8. The first kappa shape index (κ1) is 24.8. The molecule has 37 heavy (non-hydrogen) atoms. The number of fused-ring (bicyclic) bond motifs is 3. The van der Waals surface area contributed by atoms with Gasteiger partial charge in [-0.1, -0.05) is 109 Å². The largest absolute Gasteiger partial charge is 0.355 e. The van der Waals surface area contributed by atoms with Crippen LogP contribution in [-0.4, -0.2) is 12.5 Å². The molecule has 1 aliphatic carbocycles. The highest BCUT2D eigenvalue weighted by Gasteiger charge is 2.48. The molecule has 1 N–H and O–H groups in total. The molecule has 4 aromatic rings. The normalized spacial score (nSPS) is 13.6. The highest BCUT2D eigenvalue weighted by Crippen LogP contribution is 2.51. The van der Waals surface area contributed by atoms with Crippen LogP contribution in [0.2, 0.25) is 0 Å². The molecule has 5 rings (SSSR count). The molecule has 0 saturated heterocycles. The van der Waals surface area contributed by atoms with E-state index in [4.69, 9.17) is 0 Å². The van der Waals surface area contributed by atoms with E-state index in [-0.39, 0.29) is 5.91 Å². The van der Waals surface area contributed by atoms with E-state index in [9.17, 15) is 4.79 Å². The van der Waals surface area contributed by atoms with Crippen LogP contribution in [-0.2, 0) is 16.6 Å². The van der Waals surface area contributed by atoms with Gasteiger partial charge in [0.2, 0.25) is 5.91 Å². The lowest BCUT2D eigenvalue weighted by Crippen LogP contribution is -2.44. The van der Waals surface area contributed by atoms with Crippen molar-refractivity contribution in [3.05, 3.63) is 137 Å². The van der Waals surface area contributed by atoms with E-state index < -0.39 is 5.41 Å². The lowest BCUT2D eigenvalue weighted by molar-refractivity contribution is -0.125. The number of carbonyl (C=O) groups is 1. The van der Waals surface area contributed by atoms with E-state index >= 15 is 0 Å². The van der Waals surface area contributed by atoms with Crippen LogP contribution in [0.5, 0.6) is 0 Å². The molecular weight excluding hydrogens is 450 g/mol. The van der Waals surface area contributed by atoms with E-state index in [1.165, 1.54) is 33.4 Å². The zero-order chi connectivity index (χ0) is 25.7. The van der Waals surface area contributed by atoms with Gasteiger partial charge in [-0.3, -0.25) is 4.79 Å². The maximum Gasteiger partial charge on any atom is 0.235 e. The fourth-order valence-electron chi connectivity index (χ4n) is 5.98. The summed E-state index contributed by atoms with van der Waals surface area (Å²) in [4.78, 5) is 14.3. The highest BCUT2D eigenvalue weighted by molar-refractivity contribution is 6.00. The summed E-state index contributed by atoms with van der Waals surface area (Å²) in [7, 11) is 0. The van der Waals surface area contributed by atoms with Crippen molar-refractivity contribution in [2.24, 2.45) is 0 Å². The van der Waals surface area contributed by atoms with Crippen LogP contribution in [0.1, 0.15) is 54.0 Å². The minimum atomic E-state index is -0.680. The Morgan fingerprint density at radius 2 is 1.38 bits per heavy atom. The average molecular weight is 486 g/mol. The Labute approximate surface area is 221 Å². The summed E-state index contributed by atoms with van der Waals surface area (Å²) in [5.41, 5.74) is 9.05. The first-order valence-electron chi connectivity index (χ1n) is 13.4. The Morgan fingerprint density at radius 1 is 0.784 bits per heavy atom. The predicted molar refractivity (Wildman–Crippen MR) is 154 cm³/mol. The van der Waals surface area contributed by atoms with Crippen LogP contribution in [0.4, 0.5) is 0 Å². The zero-order valence-electron chi connectivity index (χ0n) is 21.8. The van der Waals surface area contributed by atoms with Crippen molar-refractivity contribution < 1.29 is 4.79 Å². The summed E-state index contributed by atoms with van der Waals surface area (Å²) in [6.07, 6.45) is 5.64. The van der Waals surface area contributed by atoms with E-state index in [0.29, 0.717) is 6.54 Å². The topological polar surface area (TPSA) is 29.1 Å². The van der Waals surface area contributed by atoms with Crippen molar-refractivity contribution in [1.29, 1.82) is 0 Å². The molecule has 0 atom stereocenters. The third kappa shape index (κ3) is 4.76. The molecule has 0 unspecified atom stereocenters. The summed E-state index contributed by atoms with van der Waals surface area (Å²) >= 11 is 0. The lowest BCUT2D eigenvalue weighted by Gasteiger charge is -2.31. The number of hydrogen-bond donors (Lipinski definition) is 1. The third-order valence-corrected chi connectivity index (χ3v) is 7.83. The van der Waals surface area contributed by atoms with Crippen molar-refractivity contribution in [1.82, 2.24) is 5.32 Å². The van der Waals surface area contributed by atoms with Crippen LogP contribution in [0, 0.1) is 6.92 Å².